The molecule has 2 aromatic rings. The van der Waals surface area contributed by atoms with Crippen LogP contribution in [0.15, 0.2) is 28.8 Å². The number of rotatable bonds is 3. The van der Waals surface area contributed by atoms with Gasteiger partial charge in [-0.2, -0.15) is 0 Å². The fraction of sp³-hybridized carbons (Fsp3) is 0.250. The van der Waals surface area contributed by atoms with Crippen molar-refractivity contribution in [3.05, 3.63) is 46.0 Å². The van der Waals surface area contributed by atoms with E-state index in [2.05, 4.69) is 4.98 Å². The summed E-state index contributed by atoms with van der Waals surface area (Å²) in [5.41, 5.74) is 6.86. The predicted octanol–water partition coefficient (Wildman–Crippen LogP) is 2.58. The highest BCUT2D eigenvalue weighted by Crippen LogP contribution is 2.33. The Morgan fingerprint density at radius 1 is 1.50 bits per heavy atom. The van der Waals surface area contributed by atoms with Crippen LogP contribution in [0, 0.1) is 17.0 Å². The molecule has 94 valence electrons. The summed E-state index contributed by atoms with van der Waals surface area (Å²) < 4.78 is 5.46. The molecule has 0 spiro atoms. The monoisotopic (exact) mass is 247 g/mol. The highest BCUT2D eigenvalue weighted by atomic mass is 16.6. The van der Waals surface area contributed by atoms with Gasteiger partial charge in [-0.1, -0.05) is 12.1 Å². The summed E-state index contributed by atoms with van der Waals surface area (Å²) in [4.78, 5) is 14.6. The number of nitrogens with two attached hydrogens (primary N) is 1. The van der Waals surface area contributed by atoms with Crippen molar-refractivity contribution >= 4 is 5.69 Å². The van der Waals surface area contributed by atoms with Crippen LogP contribution in [0.1, 0.15) is 24.4 Å². The predicted molar refractivity (Wildman–Crippen MR) is 65.9 cm³/mol. The minimum atomic E-state index is -0.434. The number of nitrogens with zero attached hydrogens (tertiary/aromatic N) is 2. The number of aromatic nitrogens is 1. The lowest BCUT2D eigenvalue weighted by molar-refractivity contribution is -0.384. The first kappa shape index (κ1) is 12.3. The summed E-state index contributed by atoms with van der Waals surface area (Å²) in [6.07, 6.45) is 1.47. The first-order valence-electron chi connectivity index (χ1n) is 5.46. The fourth-order valence-corrected chi connectivity index (χ4v) is 1.74. The van der Waals surface area contributed by atoms with Gasteiger partial charge in [-0.05, 0) is 19.4 Å². The first-order valence-corrected chi connectivity index (χ1v) is 5.46. The van der Waals surface area contributed by atoms with Gasteiger partial charge in [0.25, 0.3) is 5.69 Å². The van der Waals surface area contributed by atoms with Crippen LogP contribution in [0.3, 0.4) is 0 Å². The molecule has 1 heterocycles. The molecule has 0 fully saturated rings. The van der Waals surface area contributed by atoms with E-state index >= 15 is 0 Å². The molecule has 0 radical (unpaired) electrons. The Kier molecular flexibility index (Phi) is 3.12. The van der Waals surface area contributed by atoms with Gasteiger partial charge in [0.1, 0.15) is 0 Å². The molecule has 1 aromatic carbocycles. The molecular weight excluding hydrogens is 234 g/mol. The lowest BCUT2D eigenvalue weighted by Crippen LogP contribution is -2.04. The van der Waals surface area contributed by atoms with Crippen LogP contribution in [0.25, 0.3) is 11.3 Å². The number of hydrogen-bond donors (Lipinski definition) is 1. The molecule has 1 unspecified atom stereocenters. The van der Waals surface area contributed by atoms with Gasteiger partial charge in [-0.25, -0.2) is 4.98 Å². The number of nitro groups is 1. The van der Waals surface area contributed by atoms with E-state index in [1.54, 1.807) is 26.0 Å². The Morgan fingerprint density at radius 2 is 2.22 bits per heavy atom. The molecule has 0 amide bonds. The quantitative estimate of drug-likeness (QED) is 0.664. The minimum absolute atomic E-state index is 0.00220. The van der Waals surface area contributed by atoms with Crippen LogP contribution >= 0.6 is 0 Å². The summed E-state index contributed by atoms with van der Waals surface area (Å²) in [6, 6.07) is 4.52. The van der Waals surface area contributed by atoms with Gasteiger partial charge in [0, 0.05) is 6.07 Å². The first-order chi connectivity index (χ1) is 8.50. The second-order valence-electron chi connectivity index (χ2n) is 4.08. The molecule has 0 bridgehead atoms. The van der Waals surface area contributed by atoms with Gasteiger partial charge in [0.2, 0.25) is 5.89 Å². The van der Waals surface area contributed by atoms with E-state index in [1.807, 2.05) is 0 Å². The average molecular weight is 247 g/mol. The number of aryl methyl sites for hydroxylation is 1. The lowest BCUT2D eigenvalue weighted by atomic mass is 10.1. The number of hydrogen-bond acceptors (Lipinski definition) is 5. The molecule has 2 N–H and O–H groups in total. The summed E-state index contributed by atoms with van der Waals surface area (Å²) in [6.45, 7) is 3.53. The maximum Gasteiger partial charge on any atom is 0.280 e. The Bertz CT molecular complexity index is 590. The maximum atomic E-state index is 11.0. The maximum absolute atomic E-state index is 11.0. The Hall–Kier alpha value is -2.21. The molecule has 0 aliphatic carbocycles. The van der Waals surface area contributed by atoms with Crippen molar-refractivity contribution in [1.82, 2.24) is 4.98 Å². The zero-order valence-electron chi connectivity index (χ0n) is 10.1. The largest absolute Gasteiger partial charge is 0.439 e. The third-order valence-electron chi connectivity index (χ3n) is 2.61. The van der Waals surface area contributed by atoms with Crippen LogP contribution in [0.5, 0.6) is 0 Å². The van der Waals surface area contributed by atoms with Gasteiger partial charge in [0.05, 0.1) is 22.7 Å². The Morgan fingerprint density at radius 3 is 2.78 bits per heavy atom. The Labute approximate surface area is 104 Å². The van der Waals surface area contributed by atoms with Crippen molar-refractivity contribution in [3.8, 4) is 11.3 Å². The zero-order chi connectivity index (χ0) is 13.3. The van der Waals surface area contributed by atoms with E-state index < -0.39 is 4.92 Å². The average Bonchev–Trinajstić information content (AvgIpc) is 2.77. The summed E-state index contributed by atoms with van der Waals surface area (Å²) >= 11 is 0. The van der Waals surface area contributed by atoms with Crippen molar-refractivity contribution in [3.63, 3.8) is 0 Å². The summed E-state index contributed by atoms with van der Waals surface area (Å²) in [7, 11) is 0. The van der Waals surface area contributed by atoms with E-state index in [0.717, 1.165) is 5.56 Å². The highest BCUT2D eigenvalue weighted by Gasteiger charge is 2.21. The summed E-state index contributed by atoms with van der Waals surface area (Å²) in [5, 5.41) is 11.0. The molecule has 0 aliphatic rings. The second-order valence-corrected chi connectivity index (χ2v) is 4.08. The molecule has 1 aromatic heterocycles. The standard InChI is InChI=1S/C12H13N3O3/c1-7-4-3-5-9(15(16)17)11(7)10-6-14-12(18-10)8(2)13/h3-6,8H,13H2,1-2H3. The van der Waals surface area contributed by atoms with Crippen molar-refractivity contribution in [2.24, 2.45) is 5.73 Å². The van der Waals surface area contributed by atoms with Crippen molar-refractivity contribution in [2.45, 2.75) is 19.9 Å². The normalized spacial score (nSPS) is 12.4. The molecule has 0 saturated carbocycles. The molecule has 0 saturated heterocycles. The smallest absolute Gasteiger partial charge is 0.280 e. The van der Waals surface area contributed by atoms with Crippen LogP contribution in [-0.4, -0.2) is 9.91 Å². The number of benzene rings is 1. The van der Waals surface area contributed by atoms with E-state index in [1.165, 1.54) is 12.3 Å². The van der Waals surface area contributed by atoms with Crippen molar-refractivity contribution in [1.29, 1.82) is 0 Å². The van der Waals surface area contributed by atoms with Crippen molar-refractivity contribution in [2.75, 3.05) is 0 Å². The third kappa shape index (κ3) is 2.10. The molecule has 2 rings (SSSR count). The molecular formula is C12H13N3O3. The highest BCUT2D eigenvalue weighted by molar-refractivity contribution is 5.72. The molecule has 18 heavy (non-hydrogen) atoms. The van der Waals surface area contributed by atoms with E-state index in [-0.39, 0.29) is 11.7 Å². The van der Waals surface area contributed by atoms with E-state index in [4.69, 9.17) is 10.2 Å². The number of nitro benzene ring substituents is 1. The van der Waals surface area contributed by atoms with Gasteiger partial charge >= 0.3 is 0 Å². The fourth-order valence-electron chi connectivity index (χ4n) is 1.74. The molecule has 6 nitrogen and oxygen atoms in total. The number of oxazole rings is 1. The Balaban J connectivity index is 2.58. The molecule has 6 heteroatoms. The van der Waals surface area contributed by atoms with Gasteiger partial charge in [0.15, 0.2) is 5.76 Å². The molecule has 1 atom stereocenters. The van der Waals surface area contributed by atoms with Crippen LogP contribution in [-0.2, 0) is 0 Å². The minimum Gasteiger partial charge on any atom is -0.439 e. The molecule has 0 aliphatic heterocycles. The van der Waals surface area contributed by atoms with E-state index in [0.29, 0.717) is 17.2 Å². The second kappa shape index (κ2) is 4.58. The van der Waals surface area contributed by atoms with Crippen LogP contribution in [0.2, 0.25) is 0 Å². The summed E-state index contributed by atoms with van der Waals surface area (Å²) in [5.74, 6) is 0.731. The van der Waals surface area contributed by atoms with Crippen LogP contribution < -0.4 is 5.73 Å². The van der Waals surface area contributed by atoms with Gasteiger partial charge in [-0.15, -0.1) is 0 Å². The zero-order valence-corrected chi connectivity index (χ0v) is 10.1. The van der Waals surface area contributed by atoms with Gasteiger partial charge < -0.3 is 10.2 Å². The SMILES string of the molecule is Cc1cccc([N+](=O)[O-])c1-c1cnc(C(C)N)o1. The van der Waals surface area contributed by atoms with E-state index in [9.17, 15) is 10.1 Å². The van der Waals surface area contributed by atoms with Gasteiger partial charge in [-0.3, -0.25) is 10.1 Å². The lowest BCUT2D eigenvalue weighted by Gasteiger charge is -2.03. The van der Waals surface area contributed by atoms with Crippen LogP contribution in [0.4, 0.5) is 5.69 Å². The van der Waals surface area contributed by atoms with Crippen molar-refractivity contribution < 1.29 is 9.34 Å². The topological polar surface area (TPSA) is 95.2 Å². The third-order valence-corrected chi connectivity index (χ3v) is 2.61.